The quantitative estimate of drug-likeness (QED) is 0.755. The molecule has 4 heteroatoms. The number of carbonyl (C=O) groups excluding carboxylic acids is 1. The average Bonchev–Trinajstić information content (AvgIpc) is 2.34. The van der Waals surface area contributed by atoms with E-state index in [1.807, 2.05) is 0 Å². The first-order valence-corrected chi connectivity index (χ1v) is 6.05. The van der Waals surface area contributed by atoms with E-state index in [4.69, 9.17) is 23.2 Å². The largest absolute Gasteiger partial charge is 0.294 e. The van der Waals surface area contributed by atoms with Crippen LogP contribution in [0.1, 0.15) is 15.9 Å². The number of Topliss-reactive ketones (excluding diaryl/α,β-unsaturated/α-hetero) is 1. The lowest BCUT2D eigenvalue weighted by Gasteiger charge is -2.06. The Morgan fingerprint density at radius 3 is 2.28 bits per heavy atom. The molecule has 0 aliphatic rings. The molecule has 0 atom stereocenters. The van der Waals surface area contributed by atoms with Crippen molar-refractivity contribution in [3.05, 3.63) is 69.5 Å². The fourth-order valence-corrected chi connectivity index (χ4v) is 2.16. The van der Waals surface area contributed by atoms with E-state index < -0.39 is 5.82 Å². The minimum atomic E-state index is -0.439. The maximum atomic E-state index is 13.0. The fourth-order valence-electron chi connectivity index (χ4n) is 1.63. The highest BCUT2D eigenvalue weighted by Crippen LogP contribution is 2.25. The van der Waals surface area contributed by atoms with Crippen molar-refractivity contribution in [3.63, 3.8) is 0 Å². The lowest BCUT2D eigenvalue weighted by Crippen LogP contribution is -2.05. The summed E-state index contributed by atoms with van der Waals surface area (Å²) in [4.78, 5) is 12.0. The number of rotatable bonds is 3. The highest BCUT2D eigenvalue weighted by Gasteiger charge is 2.12. The molecule has 0 aromatic heterocycles. The topological polar surface area (TPSA) is 17.1 Å². The SMILES string of the molecule is O=C(Cc1c(Cl)cccc1Cl)c1cccc(F)c1. The third-order valence-electron chi connectivity index (χ3n) is 2.55. The van der Waals surface area contributed by atoms with E-state index in [2.05, 4.69) is 0 Å². The first-order chi connectivity index (χ1) is 8.58. The fraction of sp³-hybridized carbons (Fsp3) is 0.0714. The van der Waals surface area contributed by atoms with Crippen molar-refractivity contribution in [2.45, 2.75) is 6.42 Å². The van der Waals surface area contributed by atoms with Crippen molar-refractivity contribution >= 4 is 29.0 Å². The molecule has 2 aromatic rings. The molecule has 0 amide bonds. The molecule has 0 saturated carbocycles. The van der Waals surface area contributed by atoms with Gasteiger partial charge in [0.1, 0.15) is 5.82 Å². The van der Waals surface area contributed by atoms with Gasteiger partial charge in [-0.05, 0) is 29.8 Å². The van der Waals surface area contributed by atoms with Gasteiger partial charge in [-0.2, -0.15) is 0 Å². The molecule has 0 N–H and O–H groups in total. The number of carbonyl (C=O) groups is 1. The molecule has 0 spiro atoms. The Morgan fingerprint density at radius 2 is 1.67 bits per heavy atom. The van der Waals surface area contributed by atoms with Gasteiger partial charge in [0.05, 0.1) is 0 Å². The molecule has 0 saturated heterocycles. The van der Waals surface area contributed by atoms with Gasteiger partial charge in [0.25, 0.3) is 0 Å². The second-order valence-corrected chi connectivity index (χ2v) is 4.62. The number of hydrogen-bond acceptors (Lipinski definition) is 1. The van der Waals surface area contributed by atoms with Crippen LogP contribution in [0, 0.1) is 5.82 Å². The molecule has 0 radical (unpaired) electrons. The van der Waals surface area contributed by atoms with Crippen molar-refractivity contribution in [2.75, 3.05) is 0 Å². The van der Waals surface area contributed by atoms with Crippen LogP contribution in [0.5, 0.6) is 0 Å². The highest BCUT2D eigenvalue weighted by molar-refractivity contribution is 6.36. The van der Waals surface area contributed by atoms with Crippen LogP contribution >= 0.6 is 23.2 Å². The number of ketones is 1. The maximum Gasteiger partial charge on any atom is 0.167 e. The van der Waals surface area contributed by atoms with E-state index in [1.54, 1.807) is 24.3 Å². The monoisotopic (exact) mass is 282 g/mol. The third-order valence-corrected chi connectivity index (χ3v) is 3.25. The van der Waals surface area contributed by atoms with Gasteiger partial charge in [-0.15, -0.1) is 0 Å². The summed E-state index contributed by atoms with van der Waals surface area (Å²) in [5, 5.41) is 0.875. The zero-order chi connectivity index (χ0) is 13.1. The van der Waals surface area contributed by atoms with Gasteiger partial charge in [0, 0.05) is 22.0 Å². The molecule has 92 valence electrons. The molecular weight excluding hydrogens is 274 g/mol. The van der Waals surface area contributed by atoms with Gasteiger partial charge >= 0.3 is 0 Å². The van der Waals surface area contributed by atoms with Crippen molar-refractivity contribution in [2.24, 2.45) is 0 Å². The molecule has 1 nitrogen and oxygen atoms in total. The zero-order valence-electron chi connectivity index (χ0n) is 9.29. The minimum absolute atomic E-state index is 0.0575. The Kier molecular flexibility index (Phi) is 4.00. The van der Waals surface area contributed by atoms with E-state index >= 15 is 0 Å². The van der Waals surface area contributed by atoms with Crippen LogP contribution in [0.3, 0.4) is 0 Å². The van der Waals surface area contributed by atoms with E-state index in [9.17, 15) is 9.18 Å². The summed E-state index contributed by atoms with van der Waals surface area (Å²) >= 11 is 12.0. The lowest BCUT2D eigenvalue weighted by atomic mass is 10.0. The Morgan fingerprint density at radius 1 is 1.06 bits per heavy atom. The predicted molar refractivity (Wildman–Crippen MR) is 70.9 cm³/mol. The van der Waals surface area contributed by atoms with Gasteiger partial charge in [0.15, 0.2) is 5.78 Å². The Bertz CT molecular complexity index is 576. The first-order valence-electron chi connectivity index (χ1n) is 5.29. The molecule has 0 aliphatic carbocycles. The van der Waals surface area contributed by atoms with Crippen molar-refractivity contribution in [3.8, 4) is 0 Å². The molecule has 2 rings (SSSR count). The molecule has 0 fully saturated rings. The normalized spacial score (nSPS) is 10.4. The average molecular weight is 283 g/mol. The number of halogens is 3. The number of benzene rings is 2. The van der Waals surface area contributed by atoms with E-state index in [1.165, 1.54) is 18.2 Å². The Balaban J connectivity index is 2.27. The van der Waals surface area contributed by atoms with Crippen LogP contribution in [0.25, 0.3) is 0 Å². The van der Waals surface area contributed by atoms with E-state index in [-0.39, 0.29) is 12.2 Å². The third kappa shape index (κ3) is 2.89. The van der Waals surface area contributed by atoms with Crippen LogP contribution in [-0.2, 0) is 6.42 Å². The van der Waals surface area contributed by atoms with Crippen molar-refractivity contribution < 1.29 is 9.18 Å². The first kappa shape index (κ1) is 13.1. The molecule has 0 aliphatic heterocycles. The predicted octanol–water partition coefficient (Wildman–Crippen LogP) is 4.56. The summed E-state index contributed by atoms with van der Waals surface area (Å²) in [7, 11) is 0. The molecule has 0 heterocycles. The van der Waals surface area contributed by atoms with Crippen molar-refractivity contribution in [1.29, 1.82) is 0 Å². The van der Waals surface area contributed by atoms with Gasteiger partial charge in [-0.25, -0.2) is 4.39 Å². The Labute approximate surface area is 114 Å². The number of hydrogen-bond donors (Lipinski definition) is 0. The molecular formula is C14H9Cl2FO. The molecule has 0 unspecified atom stereocenters. The maximum absolute atomic E-state index is 13.0. The van der Waals surface area contributed by atoms with Gasteiger partial charge in [0.2, 0.25) is 0 Å². The summed E-state index contributed by atoms with van der Waals surface area (Å²) in [6.07, 6.45) is 0.0575. The standard InChI is InChI=1S/C14H9Cl2FO/c15-12-5-2-6-13(16)11(12)8-14(18)9-3-1-4-10(17)7-9/h1-7H,8H2. The van der Waals surface area contributed by atoms with Crippen molar-refractivity contribution in [1.82, 2.24) is 0 Å². The summed E-state index contributed by atoms with van der Waals surface area (Å²) < 4.78 is 13.0. The van der Waals surface area contributed by atoms with Crippen LogP contribution in [0.2, 0.25) is 10.0 Å². The van der Waals surface area contributed by atoms with Crippen LogP contribution in [0.4, 0.5) is 4.39 Å². The van der Waals surface area contributed by atoms with Gasteiger partial charge in [-0.3, -0.25) is 4.79 Å². The Hall–Kier alpha value is -1.38. The molecule has 2 aromatic carbocycles. The minimum Gasteiger partial charge on any atom is -0.294 e. The van der Waals surface area contributed by atoms with E-state index in [0.29, 0.717) is 21.2 Å². The molecule has 18 heavy (non-hydrogen) atoms. The van der Waals surface area contributed by atoms with Gasteiger partial charge < -0.3 is 0 Å². The zero-order valence-corrected chi connectivity index (χ0v) is 10.8. The van der Waals surface area contributed by atoms with Crippen LogP contribution < -0.4 is 0 Å². The van der Waals surface area contributed by atoms with Crippen LogP contribution in [0.15, 0.2) is 42.5 Å². The summed E-state index contributed by atoms with van der Waals surface area (Å²) in [5.41, 5.74) is 0.876. The summed E-state index contributed by atoms with van der Waals surface area (Å²) in [5.74, 6) is -0.657. The summed E-state index contributed by atoms with van der Waals surface area (Å²) in [6.45, 7) is 0. The second-order valence-electron chi connectivity index (χ2n) is 3.81. The molecule has 0 bridgehead atoms. The smallest absolute Gasteiger partial charge is 0.167 e. The lowest BCUT2D eigenvalue weighted by molar-refractivity contribution is 0.0992. The highest BCUT2D eigenvalue weighted by atomic mass is 35.5. The summed E-state index contributed by atoms with van der Waals surface area (Å²) in [6, 6.07) is 10.6. The van der Waals surface area contributed by atoms with Gasteiger partial charge in [-0.1, -0.05) is 41.4 Å². The van der Waals surface area contributed by atoms with E-state index in [0.717, 1.165) is 0 Å². The second kappa shape index (κ2) is 5.51. The van der Waals surface area contributed by atoms with Crippen LogP contribution in [-0.4, -0.2) is 5.78 Å².